The van der Waals surface area contributed by atoms with Crippen LogP contribution in [0.4, 0.5) is 0 Å². The molecule has 0 bridgehead atoms. The topological polar surface area (TPSA) is 17.1 Å². The van der Waals surface area contributed by atoms with E-state index in [4.69, 9.17) is 11.6 Å². The summed E-state index contributed by atoms with van der Waals surface area (Å²) in [6.07, 6.45) is 2.60. The second kappa shape index (κ2) is 5.40. The van der Waals surface area contributed by atoms with Gasteiger partial charge in [0.05, 0.1) is 0 Å². The van der Waals surface area contributed by atoms with Gasteiger partial charge in [-0.05, 0) is 29.5 Å². The second-order valence-electron chi connectivity index (χ2n) is 3.06. The van der Waals surface area contributed by atoms with Gasteiger partial charge < -0.3 is 0 Å². The fourth-order valence-electron chi connectivity index (χ4n) is 1.41. The molecular weight excluding hydrogens is 204 g/mol. The largest absolute Gasteiger partial charge is 0.281 e. The van der Waals surface area contributed by atoms with Gasteiger partial charge in [-0.2, -0.15) is 0 Å². The van der Waals surface area contributed by atoms with Crippen molar-refractivity contribution >= 4 is 28.2 Å². The van der Waals surface area contributed by atoms with Crippen LogP contribution in [0.25, 0.3) is 0 Å². The molecule has 1 atom stereocenters. The predicted molar refractivity (Wildman–Crippen MR) is 57.4 cm³/mol. The second-order valence-corrected chi connectivity index (χ2v) is 4.46. The summed E-state index contributed by atoms with van der Waals surface area (Å²) in [5.74, 6) is 0.329. The minimum Gasteiger partial charge on any atom is -0.281 e. The lowest BCUT2D eigenvalue weighted by molar-refractivity contribution is -0.112. The van der Waals surface area contributed by atoms with Crippen molar-refractivity contribution in [3.63, 3.8) is 0 Å². The number of carbonyl (C=O) groups excluding carboxylic acids is 1. The van der Waals surface area contributed by atoms with Crippen molar-refractivity contribution in [1.82, 2.24) is 0 Å². The molecule has 0 saturated carbocycles. The molecule has 0 aliphatic heterocycles. The van der Waals surface area contributed by atoms with Crippen LogP contribution in [-0.4, -0.2) is 5.24 Å². The van der Waals surface area contributed by atoms with Crippen LogP contribution in [-0.2, 0) is 4.79 Å². The Labute approximate surface area is 87.7 Å². The summed E-state index contributed by atoms with van der Waals surface area (Å²) in [4.78, 5) is 12.1. The molecule has 1 unspecified atom stereocenters. The highest BCUT2D eigenvalue weighted by Gasteiger charge is 2.14. The zero-order valence-electron chi connectivity index (χ0n) is 7.63. The number of carbonyl (C=O) groups is 1. The molecule has 0 amide bonds. The molecular formula is C10H13ClOS. The quantitative estimate of drug-likeness (QED) is 0.685. The van der Waals surface area contributed by atoms with Crippen LogP contribution in [0, 0.1) is 0 Å². The first-order chi connectivity index (χ1) is 6.24. The Morgan fingerprint density at radius 2 is 2.46 bits per heavy atom. The van der Waals surface area contributed by atoms with E-state index in [0.717, 1.165) is 12.8 Å². The highest BCUT2D eigenvalue weighted by Crippen LogP contribution is 2.29. The molecule has 1 aromatic heterocycles. The van der Waals surface area contributed by atoms with E-state index in [1.54, 1.807) is 11.3 Å². The number of rotatable bonds is 5. The molecule has 0 aliphatic rings. The molecule has 1 rings (SSSR count). The number of thiophene rings is 1. The van der Waals surface area contributed by atoms with Crippen molar-refractivity contribution in [3.05, 3.63) is 22.4 Å². The van der Waals surface area contributed by atoms with Crippen molar-refractivity contribution in [2.45, 2.75) is 32.1 Å². The van der Waals surface area contributed by atoms with Gasteiger partial charge in [-0.1, -0.05) is 19.4 Å². The fraction of sp³-hybridized carbons (Fsp3) is 0.500. The SMILES string of the molecule is CCCC(CC(=O)Cl)c1cccs1. The first-order valence-electron chi connectivity index (χ1n) is 4.45. The molecule has 1 heterocycles. The number of hydrogen-bond donors (Lipinski definition) is 0. The van der Waals surface area contributed by atoms with Gasteiger partial charge in [0.15, 0.2) is 0 Å². The van der Waals surface area contributed by atoms with Gasteiger partial charge in [0.2, 0.25) is 5.24 Å². The third-order valence-corrected chi connectivity index (χ3v) is 3.18. The van der Waals surface area contributed by atoms with Gasteiger partial charge >= 0.3 is 0 Å². The Kier molecular flexibility index (Phi) is 4.46. The summed E-state index contributed by atoms with van der Waals surface area (Å²) in [5.41, 5.74) is 0. The molecule has 0 fully saturated rings. The minimum atomic E-state index is -0.230. The molecule has 0 spiro atoms. The highest BCUT2D eigenvalue weighted by atomic mass is 35.5. The van der Waals surface area contributed by atoms with Crippen molar-refractivity contribution < 1.29 is 4.79 Å². The van der Waals surface area contributed by atoms with Crippen LogP contribution < -0.4 is 0 Å². The Morgan fingerprint density at radius 1 is 1.69 bits per heavy atom. The van der Waals surface area contributed by atoms with Crippen LogP contribution in [0.1, 0.15) is 37.0 Å². The molecule has 0 aromatic carbocycles. The third kappa shape index (κ3) is 3.49. The zero-order valence-corrected chi connectivity index (χ0v) is 9.20. The molecule has 13 heavy (non-hydrogen) atoms. The molecule has 1 aromatic rings. The monoisotopic (exact) mass is 216 g/mol. The van der Waals surface area contributed by atoms with Gasteiger partial charge in [-0.25, -0.2) is 0 Å². The molecule has 0 saturated heterocycles. The number of hydrogen-bond acceptors (Lipinski definition) is 2. The van der Waals surface area contributed by atoms with E-state index in [0.29, 0.717) is 12.3 Å². The lowest BCUT2D eigenvalue weighted by Crippen LogP contribution is -2.00. The summed E-state index contributed by atoms with van der Waals surface area (Å²) in [6, 6.07) is 4.09. The maximum absolute atomic E-state index is 10.8. The van der Waals surface area contributed by atoms with Gasteiger partial charge in [-0.3, -0.25) is 4.79 Å². The van der Waals surface area contributed by atoms with Crippen molar-refractivity contribution in [1.29, 1.82) is 0 Å². The van der Waals surface area contributed by atoms with Crippen LogP contribution in [0.2, 0.25) is 0 Å². The summed E-state index contributed by atoms with van der Waals surface area (Å²) >= 11 is 7.09. The first-order valence-corrected chi connectivity index (χ1v) is 5.71. The molecule has 0 N–H and O–H groups in total. The average Bonchev–Trinajstić information content (AvgIpc) is 2.54. The molecule has 0 aliphatic carbocycles. The predicted octanol–water partition coefficient (Wildman–Crippen LogP) is 3.79. The van der Waals surface area contributed by atoms with E-state index < -0.39 is 0 Å². The van der Waals surface area contributed by atoms with Crippen molar-refractivity contribution in [2.75, 3.05) is 0 Å². The van der Waals surface area contributed by atoms with Crippen molar-refractivity contribution in [2.24, 2.45) is 0 Å². The molecule has 72 valence electrons. The van der Waals surface area contributed by atoms with Gasteiger partial charge in [-0.15, -0.1) is 11.3 Å². The third-order valence-electron chi connectivity index (χ3n) is 1.99. The van der Waals surface area contributed by atoms with E-state index >= 15 is 0 Å². The Bertz CT molecular complexity index is 256. The van der Waals surface area contributed by atoms with Crippen LogP contribution >= 0.6 is 22.9 Å². The summed E-state index contributed by atoms with van der Waals surface area (Å²) < 4.78 is 0. The van der Waals surface area contributed by atoms with E-state index in [2.05, 4.69) is 13.0 Å². The molecule has 0 radical (unpaired) electrons. The summed E-state index contributed by atoms with van der Waals surface area (Å²) in [6.45, 7) is 2.12. The van der Waals surface area contributed by atoms with Crippen molar-refractivity contribution in [3.8, 4) is 0 Å². The van der Waals surface area contributed by atoms with E-state index in [1.807, 2.05) is 11.4 Å². The van der Waals surface area contributed by atoms with E-state index in [9.17, 15) is 4.79 Å². The summed E-state index contributed by atoms with van der Waals surface area (Å²) in [7, 11) is 0. The average molecular weight is 217 g/mol. The normalized spacial score (nSPS) is 12.8. The maximum atomic E-state index is 10.8. The van der Waals surface area contributed by atoms with Crippen LogP contribution in [0.5, 0.6) is 0 Å². The molecule has 1 nitrogen and oxygen atoms in total. The standard InChI is InChI=1S/C10H13ClOS/c1-2-4-8(7-10(11)12)9-5-3-6-13-9/h3,5-6,8H,2,4,7H2,1H3. The number of halogens is 1. The van der Waals surface area contributed by atoms with Gasteiger partial charge in [0.25, 0.3) is 0 Å². The summed E-state index contributed by atoms with van der Waals surface area (Å²) in [5, 5.41) is 1.81. The first kappa shape index (κ1) is 10.7. The lowest BCUT2D eigenvalue weighted by atomic mass is 9.99. The Morgan fingerprint density at radius 3 is 2.92 bits per heavy atom. The fourth-order valence-corrected chi connectivity index (χ4v) is 2.46. The van der Waals surface area contributed by atoms with Crippen LogP contribution in [0.3, 0.4) is 0 Å². The van der Waals surface area contributed by atoms with E-state index in [1.165, 1.54) is 4.88 Å². The lowest BCUT2D eigenvalue weighted by Gasteiger charge is -2.10. The highest BCUT2D eigenvalue weighted by molar-refractivity contribution is 7.10. The van der Waals surface area contributed by atoms with Gasteiger partial charge in [0.1, 0.15) is 0 Å². The smallest absolute Gasteiger partial charge is 0.222 e. The Hall–Kier alpha value is -0.340. The minimum absolute atomic E-state index is 0.230. The zero-order chi connectivity index (χ0) is 9.68. The Balaban J connectivity index is 2.62. The van der Waals surface area contributed by atoms with E-state index in [-0.39, 0.29) is 5.24 Å². The van der Waals surface area contributed by atoms with Gasteiger partial charge in [0, 0.05) is 17.2 Å². The van der Waals surface area contributed by atoms with Crippen LogP contribution in [0.15, 0.2) is 17.5 Å². The maximum Gasteiger partial charge on any atom is 0.222 e. The molecule has 3 heteroatoms.